The SMILES string of the molecule is CN1Cc2ccccc2C(O)(c2cc3ccccc3o2)C1. The molecule has 21 heavy (non-hydrogen) atoms. The normalized spacial score (nSPS) is 22.4. The van der Waals surface area contributed by atoms with Gasteiger partial charge in [0.1, 0.15) is 11.3 Å². The molecule has 0 saturated heterocycles. The van der Waals surface area contributed by atoms with Crippen molar-refractivity contribution in [2.24, 2.45) is 0 Å². The number of fused-ring (bicyclic) bond motifs is 2. The molecule has 1 aliphatic heterocycles. The van der Waals surface area contributed by atoms with Crippen LogP contribution in [0.4, 0.5) is 0 Å². The summed E-state index contributed by atoms with van der Waals surface area (Å²) in [6, 6.07) is 17.9. The Labute approximate surface area is 123 Å². The number of hydrogen-bond donors (Lipinski definition) is 1. The lowest BCUT2D eigenvalue weighted by atomic mass is 9.84. The van der Waals surface area contributed by atoms with Crippen LogP contribution < -0.4 is 0 Å². The molecule has 1 aromatic heterocycles. The Hall–Kier alpha value is -2.10. The summed E-state index contributed by atoms with van der Waals surface area (Å²) < 4.78 is 5.94. The number of aliphatic hydroxyl groups is 1. The topological polar surface area (TPSA) is 36.6 Å². The molecule has 0 bridgehead atoms. The first-order chi connectivity index (χ1) is 10.2. The molecule has 4 rings (SSSR count). The van der Waals surface area contributed by atoms with E-state index in [4.69, 9.17) is 4.42 Å². The summed E-state index contributed by atoms with van der Waals surface area (Å²) in [5.74, 6) is 0.614. The molecule has 3 heteroatoms. The van der Waals surface area contributed by atoms with Gasteiger partial charge in [-0.05, 0) is 30.3 Å². The molecule has 0 radical (unpaired) electrons. The molecule has 3 nitrogen and oxygen atoms in total. The van der Waals surface area contributed by atoms with Crippen LogP contribution in [-0.2, 0) is 12.1 Å². The van der Waals surface area contributed by atoms with Crippen molar-refractivity contribution in [1.29, 1.82) is 0 Å². The fraction of sp³-hybridized carbons (Fsp3) is 0.222. The molecular weight excluding hydrogens is 262 g/mol. The van der Waals surface area contributed by atoms with Gasteiger partial charge in [-0.3, -0.25) is 4.90 Å². The number of furan rings is 1. The summed E-state index contributed by atoms with van der Waals surface area (Å²) in [5.41, 5.74) is 1.81. The number of β-amino-alcohol motifs (C(OH)–C–C–N with tert-alkyl or cyclic N) is 1. The van der Waals surface area contributed by atoms with E-state index in [1.807, 2.05) is 55.6 Å². The molecule has 2 aromatic carbocycles. The van der Waals surface area contributed by atoms with E-state index in [2.05, 4.69) is 11.0 Å². The minimum absolute atomic E-state index is 0.532. The molecule has 2 heterocycles. The summed E-state index contributed by atoms with van der Waals surface area (Å²) in [6.45, 7) is 1.38. The second kappa shape index (κ2) is 4.45. The third-order valence-corrected chi connectivity index (χ3v) is 4.24. The smallest absolute Gasteiger partial charge is 0.160 e. The maximum atomic E-state index is 11.3. The first kappa shape index (κ1) is 12.6. The van der Waals surface area contributed by atoms with Crippen molar-refractivity contribution in [3.05, 3.63) is 71.5 Å². The standard InChI is InChI=1S/C18H17NO2/c1-19-11-14-7-2-4-8-15(14)18(20,12-19)17-10-13-6-3-5-9-16(13)21-17/h2-10,20H,11-12H2,1H3. The van der Waals surface area contributed by atoms with Gasteiger partial charge in [0, 0.05) is 18.5 Å². The van der Waals surface area contributed by atoms with Gasteiger partial charge in [0.05, 0.1) is 0 Å². The number of likely N-dealkylation sites (N-methyl/N-ethyl adjacent to an activating group) is 1. The zero-order chi connectivity index (χ0) is 14.4. The highest BCUT2D eigenvalue weighted by Gasteiger charge is 2.41. The van der Waals surface area contributed by atoms with Crippen LogP contribution in [-0.4, -0.2) is 23.6 Å². The first-order valence-corrected chi connectivity index (χ1v) is 7.15. The van der Waals surface area contributed by atoms with Crippen LogP contribution in [0.5, 0.6) is 0 Å². The fourth-order valence-electron chi connectivity index (χ4n) is 3.28. The predicted octanol–water partition coefficient (Wildman–Crippen LogP) is 3.11. The van der Waals surface area contributed by atoms with Crippen LogP contribution in [0.15, 0.2) is 59.0 Å². The summed E-state index contributed by atoms with van der Waals surface area (Å²) in [7, 11) is 2.02. The van der Waals surface area contributed by atoms with Gasteiger partial charge in [-0.1, -0.05) is 42.5 Å². The van der Waals surface area contributed by atoms with Crippen molar-refractivity contribution in [3.63, 3.8) is 0 Å². The van der Waals surface area contributed by atoms with Gasteiger partial charge in [-0.15, -0.1) is 0 Å². The maximum absolute atomic E-state index is 11.3. The zero-order valence-electron chi connectivity index (χ0n) is 11.9. The van der Waals surface area contributed by atoms with E-state index in [9.17, 15) is 5.11 Å². The van der Waals surface area contributed by atoms with Gasteiger partial charge in [0.2, 0.25) is 0 Å². The molecule has 0 saturated carbocycles. The van der Waals surface area contributed by atoms with Crippen molar-refractivity contribution < 1.29 is 9.52 Å². The van der Waals surface area contributed by atoms with E-state index < -0.39 is 5.60 Å². The molecule has 1 unspecified atom stereocenters. The molecule has 0 spiro atoms. The van der Waals surface area contributed by atoms with Crippen LogP contribution in [0.25, 0.3) is 11.0 Å². The van der Waals surface area contributed by atoms with E-state index in [0.717, 1.165) is 28.6 Å². The average molecular weight is 279 g/mol. The molecular formula is C18H17NO2. The minimum atomic E-state index is -1.09. The third kappa shape index (κ3) is 1.89. The molecule has 1 N–H and O–H groups in total. The van der Waals surface area contributed by atoms with Gasteiger partial charge in [0.25, 0.3) is 0 Å². The summed E-state index contributed by atoms with van der Waals surface area (Å²) in [5, 5.41) is 12.4. The van der Waals surface area contributed by atoms with Crippen LogP contribution in [0.3, 0.4) is 0 Å². The van der Waals surface area contributed by atoms with E-state index in [1.165, 1.54) is 0 Å². The van der Waals surface area contributed by atoms with Gasteiger partial charge >= 0.3 is 0 Å². The molecule has 0 fully saturated rings. The number of benzene rings is 2. The Morgan fingerprint density at radius 1 is 1.10 bits per heavy atom. The minimum Gasteiger partial charge on any atom is -0.458 e. The van der Waals surface area contributed by atoms with Gasteiger partial charge in [-0.25, -0.2) is 0 Å². The zero-order valence-corrected chi connectivity index (χ0v) is 11.9. The molecule has 106 valence electrons. The second-order valence-electron chi connectivity index (χ2n) is 5.84. The van der Waals surface area contributed by atoms with Crippen molar-refractivity contribution in [2.75, 3.05) is 13.6 Å². The van der Waals surface area contributed by atoms with Crippen LogP contribution in [0.2, 0.25) is 0 Å². The Balaban J connectivity index is 1.93. The largest absolute Gasteiger partial charge is 0.458 e. The highest BCUT2D eigenvalue weighted by Crippen LogP contribution is 2.38. The van der Waals surface area contributed by atoms with E-state index in [0.29, 0.717) is 12.3 Å². The van der Waals surface area contributed by atoms with Gasteiger partial charge in [0.15, 0.2) is 5.60 Å². The van der Waals surface area contributed by atoms with Crippen LogP contribution in [0, 0.1) is 0 Å². The monoisotopic (exact) mass is 279 g/mol. The predicted molar refractivity (Wildman–Crippen MR) is 82.0 cm³/mol. The quantitative estimate of drug-likeness (QED) is 0.743. The summed E-state index contributed by atoms with van der Waals surface area (Å²) >= 11 is 0. The third-order valence-electron chi connectivity index (χ3n) is 4.24. The lowest BCUT2D eigenvalue weighted by molar-refractivity contribution is 0.0112. The molecule has 1 aliphatic rings. The molecule has 0 aliphatic carbocycles. The van der Waals surface area contributed by atoms with Crippen molar-refractivity contribution in [3.8, 4) is 0 Å². The lowest BCUT2D eigenvalue weighted by Crippen LogP contribution is -2.44. The van der Waals surface area contributed by atoms with Crippen molar-refractivity contribution in [1.82, 2.24) is 4.90 Å². The van der Waals surface area contributed by atoms with E-state index >= 15 is 0 Å². The Kier molecular flexibility index (Phi) is 2.67. The molecule has 1 atom stereocenters. The first-order valence-electron chi connectivity index (χ1n) is 7.15. The fourth-order valence-corrected chi connectivity index (χ4v) is 3.28. The Morgan fingerprint density at radius 3 is 2.71 bits per heavy atom. The van der Waals surface area contributed by atoms with Crippen LogP contribution >= 0.6 is 0 Å². The van der Waals surface area contributed by atoms with E-state index in [1.54, 1.807) is 0 Å². The number of para-hydroxylation sites is 1. The number of hydrogen-bond acceptors (Lipinski definition) is 3. The lowest BCUT2D eigenvalue weighted by Gasteiger charge is -2.37. The summed E-state index contributed by atoms with van der Waals surface area (Å²) in [4.78, 5) is 2.12. The summed E-state index contributed by atoms with van der Waals surface area (Å²) in [6.07, 6.45) is 0. The van der Waals surface area contributed by atoms with Gasteiger partial charge < -0.3 is 9.52 Å². The maximum Gasteiger partial charge on any atom is 0.160 e. The van der Waals surface area contributed by atoms with Crippen molar-refractivity contribution in [2.45, 2.75) is 12.1 Å². The number of rotatable bonds is 1. The number of nitrogens with zero attached hydrogens (tertiary/aromatic N) is 1. The van der Waals surface area contributed by atoms with Gasteiger partial charge in [-0.2, -0.15) is 0 Å². The molecule has 3 aromatic rings. The molecule has 0 amide bonds. The van der Waals surface area contributed by atoms with Crippen molar-refractivity contribution >= 4 is 11.0 Å². The van der Waals surface area contributed by atoms with Crippen LogP contribution in [0.1, 0.15) is 16.9 Å². The highest BCUT2D eigenvalue weighted by molar-refractivity contribution is 5.78. The Bertz CT molecular complexity index is 775. The highest BCUT2D eigenvalue weighted by atomic mass is 16.4. The van der Waals surface area contributed by atoms with E-state index in [-0.39, 0.29) is 0 Å². The average Bonchev–Trinajstić information content (AvgIpc) is 2.91. The Morgan fingerprint density at radius 2 is 1.86 bits per heavy atom. The second-order valence-corrected chi connectivity index (χ2v) is 5.84.